The van der Waals surface area contributed by atoms with E-state index in [4.69, 9.17) is 0 Å². The molecule has 0 radical (unpaired) electrons. The number of thiophene rings is 1. The van der Waals surface area contributed by atoms with Gasteiger partial charge in [-0.1, -0.05) is 13.8 Å². The SMILES string of the molecule is CCC(CC)NC(=O)Cc1csc(-c2cc(Br)cs2)n1. The Hall–Kier alpha value is -0.720. The number of hydrogen-bond donors (Lipinski definition) is 1. The topological polar surface area (TPSA) is 42.0 Å². The Morgan fingerprint density at radius 3 is 2.70 bits per heavy atom. The molecule has 2 aromatic heterocycles. The second kappa shape index (κ2) is 7.33. The normalized spacial score (nSPS) is 11.0. The van der Waals surface area contributed by atoms with E-state index in [0.29, 0.717) is 6.42 Å². The van der Waals surface area contributed by atoms with Crippen LogP contribution >= 0.6 is 38.6 Å². The first kappa shape index (κ1) is 15.7. The van der Waals surface area contributed by atoms with Gasteiger partial charge in [0.1, 0.15) is 5.01 Å². The predicted octanol–water partition coefficient (Wildman–Crippen LogP) is 4.48. The molecule has 2 rings (SSSR count). The van der Waals surface area contributed by atoms with Gasteiger partial charge in [-0.3, -0.25) is 4.79 Å². The molecule has 108 valence electrons. The van der Waals surface area contributed by atoms with Crippen LogP contribution in [-0.2, 0) is 11.2 Å². The minimum absolute atomic E-state index is 0.0583. The molecule has 1 amide bonds. The van der Waals surface area contributed by atoms with E-state index in [0.717, 1.165) is 32.9 Å². The molecule has 0 saturated carbocycles. The molecule has 0 atom stereocenters. The molecular formula is C14H17BrN2OS2. The Balaban J connectivity index is 1.97. The molecule has 2 heterocycles. The average molecular weight is 373 g/mol. The van der Waals surface area contributed by atoms with Gasteiger partial charge in [-0.05, 0) is 34.8 Å². The maximum absolute atomic E-state index is 11.9. The van der Waals surface area contributed by atoms with Crippen molar-refractivity contribution in [3.8, 4) is 9.88 Å². The highest BCUT2D eigenvalue weighted by Crippen LogP contribution is 2.32. The van der Waals surface area contributed by atoms with Crippen LogP contribution in [0, 0.1) is 0 Å². The van der Waals surface area contributed by atoms with Gasteiger partial charge in [0.15, 0.2) is 0 Å². The van der Waals surface area contributed by atoms with Crippen LogP contribution in [0.4, 0.5) is 0 Å². The molecule has 0 spiro atoms. The van der Waals surface area contributed by atoms with Crippen molar-refractivity contribution < 1.29 is 4.79 Å². The Kier molecular flexibility index (Phi) is 5.74. The molecule has 1 N–H and O–H groups in total. The number of carbonyl (C=O) groups is 1. The number of carbonyl (C=O) groups excluding carboxylic acids is 1. The van der Waals surface area contributed by atoms with Gasteiger partial charge in [-0.2, -0.15) is 0 Å². The van der Waals surface area contributed by atoms with Crippen LogP contribution in [0.2, 0.25) is 0 Å². The summed E-state index contributed by atoms with van der Waals surface area (Å²) < 4.78 is 1.07. The van der Waals surface area contributed by atoms with Crippen LogP contribution in [0.25, 0.3) is 9.88 Å². The van der Waals surface area contributed by atoms with E-state index in [1.807, 2.05) is 10.8 Å². The first-order valence-corrected chi connectivity index (χ1v) is 9.15. The van der Waals surface area contributed by atoms with Gasteiger partial charge in [0.05, 0.1) is 17.0 Å². The summed E-state index contributed by atoms with van der Waals surface area (Å²) in [6.07, 6.45) is 2.29. The van der Waals surface area contributed by atoms with Gasteiger partial charge >= 0.3 is 0 Å². The fraction of sp³-hybridized carbons (Fsp3) is 0.429. The first-order valence-electron chi connectivity index (χ1n) is 6.60. The predicted molar refractivity (Wildman–Crippen MR) is 89.3 cm³/mol. The molecule has 20 heavy (non-hydrogen) atoms. The van der Waals surface area contributed by atoms with Crippen LogP contribution in [0.5, 0.6) is 0 Å². The summed E-state index contributed by atoms with van der Waals surface area (Å²) in [5.74, 6) is 0.0583. The van der Waals surface area contributed by atoms with Crippen LogP contribution in [0.1, 0.15) is 32.4 Å². The van der Waals surface area contributed by atoms with Crippen LogP contribution < -0.4 is 5.32 Å². The summed E-state index contributed by atoms with van der Waals surface area (Å²) in [6.45, 7) is 4.17. The summed E-state index contributed by atoms with van der Waals surface area (Å²) in [5, 5.41) is 8.02. The lowest BCUT2D eigenvalue weighted by Crippen LogP contribution is -2.34. The third-order valence-corrected chi connectivity index (χ3v) is 5.77. The standard InChI is InChI=1S/C14H17BrN2OS2/c1-3-10(4-2)16-13(18)6-11-8-20-14(17-11)12-5-9(15)7-19-12/h5,7-8,10H,3-4,6H2,1-2H3,(H,16,18). The summed E-state index contributed by atoms with van der Waals surface area (Å²) in [7, 11) is 0. The van der Waals surface area contributed by atoms with Crippen molar-refractivity contribution in [3.63, 3.8) is 0 Å². The zero-order chi connectivity index (χ0) is 14.5. The molecule has 0 bridgehead atoms. The molecule has 6 heteroatoms. The van der Waals surface area contributed by atoms with Gasteiger partial charge in [-0.15, -0.1) is 22.7 Å². The summed E-state index contributed by atoms with van der Waals surface area (Å²) >= 11 is 6.68. The van der Waals surface area contributed by atoms with Gasteiger partial charge in [0.25, 0.3) is 0 Å². The van der Waals surface area contributed by atoms with Crippen molar-refractivity contribution in [2.75, 3.05) is 0 Å². The van der Waals surface area contributed by atoms with E-state index in [-0.39, 0.29) is 11.9 Å². The zero-order valence-electron chi connectivity index (χ0n) is 11.5. The lowest BCUT2D eigenvalue weighted by molar-refractivity contribution is -0.121. The average Bonchev–Trinajstić information content (AvgIpc) is 3.05. The minimum Gasteiger partial charge on any atom is -0.353 e. The number of aromatic nitrogens is 1. The van der Waals surface area contributed by atoms with Gasteiger partial charge in [-0.25, -0.2) is 4.98 Å². The molecule has 0 unspecified atom stereocenters. The van der Waals surface area contributed by atoms with E-state index >= 15 is 0 Å². The Morgan fingerprint density at radius 2 is 2.10 bits per heavy atom. The lowest BCUT2D eigenvalue weighted by Gasteiger charge is -2.13. The molecule has 0 aromatic carbocycles. The molecule has 0 aliphatic rings. The molecular weight excluding hydrogens is 356 g/mol. The summed E-state index contributed by atoms with van der Waals surface area (Å²) in [4.78, 5) is 17.6. The zero-order valence-corrected chi connectivity index (χ0v) is 14.7. The van der Waals surface area contributed by atoms with E-state index in [1.165, 1.54) is 0 Å². The third kappa shape index (κ3) is 4.14. The molecule has 2 aromatic rings. The highest BCUT2D eigenvalue weighted by atomic mass is 79.9. The molecule has 0 aliphatic carbocycles. The van der Waals surface area contributed by atoms with Gasteiger partial charge < -0.3 is 5.32 Å². The van der Waals surface area contributed by atoms with Crippen molar-refractivity contribution in [2.24, 2.45) is 0 Å². The summed E-state index contributed by atoms with van der Waals surface area (Å²) in [6, 6.07) is 2.33. The van der Waals surface area contributed by atoms with Gasteiger partial charge in [0, 0.05) is 21.3 Å². The van der Waals surface area contributed by atoms with Crippen molar-refractivity contribution in [1.29, 1.82) is 0 Å². The fourth-order valence-electron chi connectivity index (χ4n) is 1.86. The molecule has 0 aliphatic heterocycles. The van der Waals surface area contributed by atoms with E-state index < -0.39 is 0 Å². The number of amides is 1. The maximum Gasteiger partial charge on any atom is 0.226 e. The number of nitrogens with one attached hydrogen (secondary N) is 1. The van der Waals surface area contributed by atoms with Crippen molar-refractivity contribution in [3.05, 3.63) is 27.0 Å². The monoisotopic (exact) mass is 372 g/mol. The third-order valence-electron chi connectivity index (χ3n) is 3.02. The quantitative estimate of drug-likeness (QED) is 0.811. The van der Waals surface area contributed by atoms with Crippen molar-refractivity contribution >= 4 is 44.5 Å². The number of halogens is 1. The van der Waals surface area contributed by atoms with Crippen LogP contribution in [0.15, 0.2) is 21.3 Å². The van der Waals surface area contributed by atoms with Crippen LogP contribution in [0.3, 0.4) is 0 Å². The smallest absolute Gasteiger partial charge is 0.226 e. The fourth-order valence-corrected chi connectivity index (χ4v) is 4.19. The minimum atomic E-state index is 0.0583. The van der Waals surface area contributed by atoms with Crippen molar-refractivity contribution in [1.82, 2.24) is 10.3 Å². The highest BCUT2D eigenvalue weighted by molar-refractivity contribution is 9.10. The lowest BCUT2D eigenvalue weighted by atomic mass is 10.1. The second-order valence-electron chi connectivity index (χ2n) is 4.53. The Morgan fingerprint density at radius 1 is 1.35 bits per heavy atom. The number of rotatable bonds is 6. The molecule has 0 saturated heterocycles. The number of thiazole rings is 1. The Labute approximate surface area is 135 Å². The molecule has 0 fully saturated rings. The number of nitrogens with zero attached hydrogens (tertiary/aromatic N) is 1. The first-order chi connectivity index (χ1) is 9.62. The van der Waals surface area contributed by atoms with E-state index in [1.54, 1.807) is 22.7 Å². The van der Waals surface area contributed by atoms with Crippen LogP contribution in [-0.4, -0.2) is 16.9 Å². The van der Waals surface area contributed by atoms with E-state index in [9.17, 15) is 4.79 Å². The maximum atomic E-state index is 11.9. The van der Waals surface area contributed by atoms with E-state index in [2.05, 4.69) is 46.1 Å². The number of hydrogen-bond acceptors (Lipinski definition) is 4. The largest absolute Gasteiger partial charge is 0.353 e. The van der Waals surface area contributed by atoms with Crippen molar-refractivity contribution in [2.45, 2.75) is 39.2 Å². The Bertz CT molecular complexity index is 575. The van der Waals surface area contributed by atoms with Gasteiger partial charge in [0.2, 0.25) is 5.91 Å². The second-order valence-corrected chi connectivity index (χ2v) is 7.22. The highest BCUT2D eigenvalue weighted by Gasteiger charge is 2.12. The molecule has 3 nitrogen and oxygen atoms in total. The summed E-state index contributed by atoms with van der Waals surface area (Å²) in [5.41, 5.74) is 0.845.